The lowest BCUT2D eigenvalue weighted by Crippen LogP contribution is -2.42. The third-order valence-electron chi connectivity index (χ3n) is 5.39. The summed E-state index contributed by atoms with van der Waals surface area (Å²) in [5.41, 5.74) is 7.50. The Labute approximate surface area is 146 Å². The highest BCUT2D eigenvalue weighted by atomic mass is 35.5. The topological polar surface area (TPSA) is 46.3 Å². The second-order valence-corrected chi connectivity index (χ2v) is 7.10. The van der Waals surface area contributed by atoms with Gasteiger partial charge >= 0.3 is 0 Å². The first kappa shape index (κ1) is 18.3. The Hall–Kier alpha value is -1.06. The number of carbonyl (C=O) groups is 1. The zero-order valence-corrected chi connectivity index (χ0v) is 14.6. The van der Waals surface area contributed by atoms with E-state index in [0.29, 0.717) is 24.2 Å². The normalized spacial score (nSPS) is 27.5. The summed E-state index contributed by atoms with van der Waals surface area (Å²) in [6.07, 6.45) is 7.55. The van der Waals surface area contributed by atoms with Gasteiger partial charge in [0.05, 0.1) is 0 Å². The molecule has 3 nitrogen and oxygen atoms in total. The molecule has 1 saturated heterocycles. The van der Waals surface area contributed by atoms with Crippen molar-refractivity contribution in [3.8, 4) is 0 Å². The number of halogens is 1. The van der Waals surface area contributed by atoms with Crippen LogP contribution in [-0.2, 0) is 11.2 Å². The monoisotopic (exact) mass is 336 g/mol. The Morgan fingerprint density at radius 3 is 2.61 bits per heavy atom. The van der Waals surface area contributed by atoms with Crippen molar-refractivity contribution >= 4 is 18.3 Å². The number of nitrogens with zero attached hydrogens (tertiary/aromatic N) is 1. The fourth-order valence-electron chi connectivity index (χ4n) is 4.08. The molecule has 1 aromatic carbocycles. The standard InChI is InChI=1S/C19H28N2O.ClH/c20-18-10-4-9-17(18)13-19(22)21-11-5-8-16(14-21)12-15-6-2-1-3-7-15;/h1-3,6-7,16-18H,4-5,8-14,20H2;1H/t16?,17-,18+;/m0./s1. The largest absolute Gasteiger partial charge is 0.342 e. The minimum absolute atomic E-state index is 0. The van der Waals surface area contributed by atoms with Crippen molar-refractivity contribution in [3.05, 3.63) is 35.9 Å². The van der Waals surface area contributed by atoms with Crippen LogP contribution in [0.3, 0.4) is 0 Å². The van der Waals surface area contributed by atoms with E-state index in [2.05, 4.69) is 35.2 Å². The highest BCUT2D eigenvalue weighted by Gasteiger charge is 2.30. The van der Waals surface area contributed by atoms with E-state index < -0.39 is 0 Å². The number of hydrogen-bond donors (Lipinski definition) is 1. The summed E-state index contributed by atoms with van der Waals surface area (Å²) in [6, 6.07) is 10.9. The minimum atomic E-state index is 0. The van der Waals surface area contributed by atoms with Gasteiger partial charge in [0.25, 0.3) is 0 Å². The van der Waals surface area contributed by atoms with E-state index in [0.717, 1.165) is 38.8 Å². The van der Waals surface area contributed by atoms with Crippen molar-refractivity contribution in [1.82, 2.24) is 4.90 Å². The highest BCUT2D eigenvalue weighted by Crippen LogP contribution is 2.28. The predicted molar refractivity (Wildman–Crippen MR) is 96.6 cm³/mol. The first-order valence-corrected chi connectivity index (χ1v) is 8.79. The van der Waals surface area contributed by atoms with Crippen LogP contribution in [0.2, 0.25) is 0 Å². The molecular formula is C19H29ClN2O. The number of likely N-dealkylation sites (tertiary alicyclic amines) is 1. The van der Waals surface area contributed by atoms with Crippen molar-refractivity contribution in [2.45, 2.75) is 51.0 Å². The summed E-state index contributed by atoms with van der Waals surface area (Å²) in [7, 11) is 0. The van der Waals surface area contributed by atoms with E-state index in [9.17, 15) is 4.79 Å². The summed E-state index contributed by atoms with van der Waals surface area (Å²) in [5.74, 6) is 1.36. The van der Waals surface area contributed by atoms with Gasteiger partial charge in [-0.1, -0.05) is 36.8 Å². The van der Waals surface area contributed by atoms with Crippen molar-refractivity contribution < 1.29 is 4.79 Å². The van der Waals surface area contributed by atoms with Crippen LogP contribution in [0.4, 0.5) is 0 Å². The Morgan fingerprint density at radius 1 is 1.13 bits per heavy atom. The number of carbonyl (C=O) groups excluding carboxylic acids is 1. The fourth-order valence-corrected chi connectivity index (χ4v) is 4.08. The maximum atomic E-state index is 12.6. The molecule has 3 atom stereocenters. The van der Waals surface area contributed by atoms with E-state index in [1.54, 1.807) is 0 Å². The lowest BCUT2D eigenvalue weighted by molar-refractivity contribution is -0.134. The molecule has 1 unspecified atom stereocenters. The highest BCUT2D eigenvalue weighted by molar-refractivity contribution is 5.85. The van der Waals surface area contributed by atoms with E-state index in [1.807, 2.05) is 0 Å². The van der Waals surface area contributed by atoms with Crippen LogP contribution in [0.5, 0.6) is 0 Å². The second kappa shape index (κ2) is 8.70. The van der Waals surface area contributed by atoms with Crippen LogP contribution in [-0.4, -0.2) is 29.9 Å². The van der Waals surface area contributed by atoms with Gasteiger partial charge < -0.3 is 10.6 Å². The molecular weight excluding hydrogens is 308 g/mol. The molecule has 1 amide bonds. The predicted octanol–water partition coefficient (Wildman–Crippen LogP) is 3.41. The van der Waals surface area contributed by atoms with E-state index in [-0.39, 0.29) is 18.4 Å². The van der Waals surface area contributed by atoms with E-state index >= 15 is 0 Å². The molecule has 1 aromatic rings. The van der Waals surface area contributed by atoms with Gasteiger partial charge in [-0.3, -0.25) is 4.79 Å². The summed E-state index contributed by atoms with van der Waals surface area (Å²) in [5, 5.41) is 0. The van der Waals surface area contributed by atoms with Gasteiger partial charge in [-0.05, 0) is 49.5 Å². The molecule has 23 heavy (non-hydrogen) atoms. The SMILES string of the molecule is Cl.N[C@@H]1CCC[C@H]1CC(=O)N1CCCC(Cc2ccccc2)C1. The quantitative estimate of drug-likeness (QED) is 0.915. The molecule has 2 N–H and O–H groups in total. The van der Waals surface area contributed by atoms with Crippen molar-refractivity contribution in [2.75, 3.05) is 13.1 Å². The van der Waals surface area contributed by atoms with Crippen LogP contribution in [0.1, 0.15) is 44.1 Å². The van der Waals surface area contributed by atoms with E-state index in [4.69, 9.17) is 5.73 Å². The first-order chi connectivity index (χ1) is 10.7. The molecule has 0 radical (unpaired) electrons. The number of piperidine rings is 1. The van der Waals surface area contributed by atoms with Gasteiger partial charge in [-0.2, -0.15) is 0 Å². The van der Waals surface area contributed by atoms with Gasteiger partial charge in [-0.25, -0.2) is 0 Å². The van der Waals surface area contributed by atoms with Crippen LogP contribution in [0.15, 0.2) is 30.3 Å². The van der Waals surface area contributed by atoms with Crippen LogP contribution in [0.25, 0.3) is 0 Å². The Kier molecular flexibility index (Phi) is 6.91. The first-order valence-electron chi connectivity index (χ1n) is 8.79. The third-order valence-corrected chi connectivity index (χ3v) is 5.39. The average molecular weight is 337 g/mol. The summed E-state index contributed by atoms with van der Waals surface area (Å²) >= 11 is 0. The molecule has 1 heterocycles. The lowest BCUT2D eigenvalue weighted by Gasteiger charge is -2.34. The van der Waals surface area contributed by atoms with Crippen LogP contribution >= 0.6 is 12.4 Å². The zero-order valence-electron chi connectivity index (χ0n) is 13.8. The number of nitrogens with two attached hydrogens (primary N) is 1. The maximum absolute atomic E-state index is 12.6. The molecule has 0 spiro atoms. The van der Waals surface area contributed by atoms with Crippen LogP contribution < -0.4 is 5.73 Å². The minimum Gasteiger partial charge on any atom is -0.342 e. The smallest absolute Gasteiger partial charge is 0.222 e. The van der Waals surface area contributed by atoms with Crippen molar-refractivity contribution in [3.63, 3.8) is 0 Å². The van der Waals surface area contributed by atoms with Crippen LogP contribution in [0, 0.1) is 11.8 Å². The van der Waals surface area contributed by atoms with Gasteiger partial charge in [0.2, 0.25) is 5.91 Å². The molecule has 3 rings (SSSR count). The molecule has 1 aliphatic carbocycles. The molecule has 1 aliphatic heterocycles. The summed E-state index contributed by atoms with van der Waals surface area (Å²) in [4.78, 5) is 14.7. The van der Waals surface area contributed by atoms with Gasteiger partial charge in [0.1, 0.15) is 0 Å². The molecule has 0 aromatic heterocycles. The molecule has 128 valence electrons. The molecule has 0 bridgehead atoms. The Morgan fingerprint density at radius 2 is 1.91 bits per heavy atom. The Balaban J connectivity index is 0.00000192. The lowest BCUT2D eigenvalue weighted by atomic mass is 9.90. The molecule has 2 fully saturated rings. The average Bonchev–Trinajstić information content (AvgIpc) is 2.94. The van der Waals surface area contributed by atoms with E-state index in [1.165, 1.54) is 18.4 Å². The maximum Gasteiger partial charge on any atom is 0.222 e. The van der Waals surface area contributed by atoms with Gasteiger partial charge in [0, 0.05) is 25.6 Å². The van der Waals surface area contributed by atoms with Gasteiger partial charge in [0.15, 0.2) is 0 Å². The zero-order chi connectivity index (χ0) is 15.4. The number of hydrogen-bond acceptors (Lipinski definition) is 2. The molecule has 4 heteroatoms. The third kappa shape index (κ3) is 4.95. The number of amides is 1. The van der Waals surface area contributed by atoms with Crippen molar-refractivity contribution in [1.29, 1.82) is 0 Å². The number of rotatable bonds is 4. The molecule has 1 saturated carbocycles. The van der Waals surface area contributed by atoms with Gasteiger partial charge in [-0.15, -0.1) is 12.4 Å². The number of benzene rings is 1. The fraction of sp³-hybridized carbons (Fsp3) is 0.632. The molecule has 2 aliphatic rings. The Bertz CT molecular complexity index is 493. The summed E-state index contributed by atoms with van der Waals surface area (Å²) < 4.78 is 0. The van der Waals surface area contributed by atoms with Crippen molar-refractivity contribution in [2.24, 2.45) is 17.6 Å². The second-order valence-electron chi connectivity index (χ2n) is 7.10. The summed E-state index contributed by atoms with van der Waals surface area (Å²) in [6.45, 7) is 1.86.